The summed E-state index contributed by atoms with van der Waals surface area (Å²) in [7, 11) is 0. The van der Waals surface area contributed by atoms with Crippen molar-refractivity contribution in [1.82, 2.24) is 4.37 Å². The van der Waals surface area contributed by atoms with Gasteiger partial charge in [0.15, 0.2) is 5.75 Å². The summed E-state index contributed by atoms with van der Waals surface area (Å²) in [6.07, 6.45) is -3.68. The molecule has 0 saturated heterocycles. The van der Waals surface area contributed by atoms with Crippen LogP contribution in [0.2, 0.25) is 0 Å². The van der Waals surface area contributed by atoms with E-state index in [2.05, 4.69) is 14.5 Å². The van der Waals surface area contributed by atoms with E-state index < -0.39 is 12.1 Å². The first kappa shape index (κ1) is 7.33. The Morgan fingerprint density at radius 3 is 2.70 bits per heavy atom. The van der Waals surface area contributed by atoms with Crippen LogP contribution >= 0.6 is 11.5 Å². The number of hydrogen-bond acceptors (Lipinski definition) is 3. The van der Waals surface area contributed by atoms with Crippen LogP contribution in [0.25, 0.3) is 0 Å². The average Bonchev–Trinajstić information content (AvgIpc) is 2.12. The van der Waals surface area contributed by atoms with Crippen molar-refractivity contribution in [3.8, 4) is 5.75 Å². The van der Waals surface area contributed by atoms with E-state index in [9.17, 15) is 13.2 Å². The Bertz CT molecular complexity index is 195. The minimum Gasteiger partial charge on any atom is -0.402 e. The van der Waals surface area contributed by atoms with E-state index in [0.717, 1.165) is 17.7 Å². The Balaban J connectivity index is 2.57. The van der Waals surface area contributed by atoms with Gasteiger partial charge in [-0.15, -0.1) is 13.2 Å². The fourth-order valence-corrected chi connectivity index (χ4v) is 0.729. The molecule has 0 fully saturated rings. The van der Waals surface area contributed by atoms with Crippen molar-refractivity contribution in [3.05, 3.63) is 11.6 Å². The average molecular weight is 168 g/mol. The van der Waals surface area contributed by atoms with Crippen LogP contribution in [-0.4, -0.2) is 10.7 Å². The molecule has 0 amide bonds. The SMILES string of the molecule is FC(F)(F)Oc1[c]snc1. The molecule has 1 heterocycles. The second-order valence-electron chi connectivity index (χ2n) is 1.34. The van der Waals surface area contributed by atoms with Crippen LogP contribution in [0.3, 0.4) is 0 Å². The first-order valence-electron chi connectivity index (χ1n) is 2.16. The first-order valence-corrected chi connectivity index (χ1v) is 2.93. The summed E-state index contributed by atoms with van der Waals surface area (Å²) in [5.41, 5.74) is 0. The van der Waals surface area contributed by atoms with Gasteiger partial charge >= 0.3 is 6.36 Å². The Labute approximate surface area is 58.4 Å². The van der Waals surface area contributed by atoms with Gasteiger partial charge < -0.3 is 4.74 Å². The summed E-state index contributed by atoms with van der Waals surface area (Å²) in [6.45, 7) is 0. The molecule has 55 valence electrons. The fraction of sp³-hybridized carbons (Fsp3) is 0.250. The van der Waals surface area contributed by atoms with Gasteiger partial charge in [0.05, 0.1) is 6.20 Å². The number of alkyl halides is 3. The highest BCUT2D eigenvalue weighted by molar-refractivity contribution is 7.03. The van der Waals surface area contributed by atoms with Crippen molar-refractivity contribution in [3.63, 3.8) is 0 Å². The Kier molecular flexibility index (Phi) is 1.80. The van der Waals surface area contributed by atoms with Crippen LogP contribution in [0.1, 0.15) is 0 Å². The number of halogens is 3. The van der Waals surface area contributed by atoms with Crippen LogP contribution in [-0.2, 0) is 0 Å². The summed E-state index contributed by atoms with van der Waals surface area (Å²) in [5.74, 6) is -0.391. The monoisotopic (exact) mass is 168 g/mol. The van der Waals surface area contributed by atoms with Gasteiger partial charge in [-0.3, -0.25) is 0 Å². The summed E-state index contributed by atoms with van der Waals surface area (Å²) in [6, 6.07) is 0. The third kappa shape index (κ3) is 2.22. The summed E-state index contributed by atoms with van der Waals surface area (Å²) < 4.78 is 40.9. The molecule has 0 aromatic carbocycles. The minimum absolute atomic E-state index is 0.391. The Morgan fingerprint density at radius 2 is 2.30 bits per heavy atom. The van der Waals surface area contributed by atoms with Gasteiger partial charge in [-0.1, -0.05) is 0 Å². The molecule has 6 heteroatoms. The van der Waals surface area contributed by atoms with E-state index in [1.54, 1.807) is 0 Å². The zero-order valence-electron chi connectivity index (χ0n) is 4.47. The van der Waals surface area contributed by atoms with Gasteiger partial charge in [0, 0.05) is 0 Å². The third-order valence-corrected chi connectivity index (χ3v) is 1.10. The molecule has 0 bridgehead atoms. The van der Waals surface area contributed by atoms with Crippen molar-refractivity contribution in [2.75, 3.05) is 0 Å². The molecule has 1 rings (SSSR count). The van der Waals surface area contributed by atoms with Gasteiger partial charge in [-0.25, -0.2) is 0 Å². The lowest BCUT2D eigenvalue weighted by Gasteiger charge is -2.03. The Hall–Kier alpha value is -0.780. The second-order valence-corrected chi connectivity index (χ2v) is 1.94. The predicted octanol–water partition coefficient (Wildman–Crippen LogP) is 1.84. The summed E-state index contributed by atoms with van der Waals surface area (Å²) in [5, 5.41) is 2.18. The van der Waals surface area contributed by atoms with Gasteiger partial charge in [0.25, 0.3) is 0 Å². The lowest BCUT2D eigenvalue weighted by Crippen LogP contribution is -2.16. The van der Waals surface area contributed by atoms with Gasteiger partial charge in [0.1, 0.15) is 5.38 Å². The molecule has 0 aliphatic rings. The quantitative estimate of drug-likeness (QED) is 0.638. The number of nitrogens with zero attached hydrogens (tertiary/aromatic N) is 1. The van der Waals surface area contributed by atoms with Gasteiger partial charge in [-0.2, -0.15) is 4.37 Å². The molecule has 0 saturated carbocycles. The third-order valence-electron chi connectivity index (χ3n) is 0.595. The maximum atomic E-state index is 11.4. The number of hydrogen-bond donors (Lipinski definition) is 0. The van der Waals surface area contributed by atoms with Crippen LogP contribution in [0.4, 0.5) is 13.2 Å². The molecule has 0 atom stereocenters. The molecule has 1 aromatic rings. The molecular weight excluding hydrogens is 167 g/mol. The molecule has 0 unspecified atom stereocenters. The van der Waals surface area contributed by atoms with Gasteiger partial charge in [-0.05, 0) is 11.5 Å². The smallest absolute Gasteiger partial charge is 0.402 e. The van der Waals surface area contributed by atoms with E-state index >= 15 is 0 Å². The first-order chi connectivity index (χ1) is 4.58. The van der Waals surface area contributed by atoms with Crippen LogP contribution in [0.15, 0.2) is 6.20 Å². The summed E-state index contributed by atoms with van der Waals surface area (Å²) in [4.78, 5) is 0. The van der Waals surface area contributed by atoms with E-state index in [-0.39, 0.29) is 0 Å². The number of rotatable bonds is 1. The highest BCUT2D eigenvalue weighted by Crippen LogP contribution is 2.21. The van der Waals surface area contributed by atoms with Crippen LogP contribution in [0.5, 0.6) is 5.75 Å². The van der Waals surface area contributed by atoms with Crippen molar-refractivity contribution >= 4 is 11.5 Å². The summed E-state index contributed by atoms with van der Waals surface area (Å²) >= 11 is 0.780. The maximum Gasteiger partial charge on any atom is 0.573 e. The van der Waals surface area contributed by atoms with Crippen molar-refractivity contribution < 1.29 is 17.9 Å². The highest BCUT2D eigenvalue weighted by Gasteiger charge is 2.31. The van der Waals surface area contributed by atoms with Crippen LogP contribution < -0.4 is 4.74 Å². The highest BCUT2D eigenvalue weighted by atomic mass is 32.1. The van der Waals surface area contributed by atoms with Crippen molar-refractivity contribution in [2.45, 2.75) is 6.36 Å². The fourth-order valence-electron chi connectivity index (χ4n) is 0.344. The van der Waals surface area contributed by atoms with E-state index in [0.29, 0.717) is 0 Å². The van der Waals surface area contributed by atoms with E-state index in [1.165, 1.54) is 0 Å². The van der Waals surface area contributed by atoms with Gasteiger partial charge in [0.2, 0.25) is 0 Å². The molecule has 0 N–H and O–H groups in total. The van der Waals surface area contributed by atoms with Crippen molar-refractivity contribution in [2.24, 2.45) is 0 Å². The molecule has 0 aliphatic carbocycles. The lowest BCUT2D eigenvalue weighted by molar-refractivity contribution is -0.274. The molecule has 1 radical (unpaired) electrons. The second kappa shape index (κ2) is 2.45. The Morgan fingerprint density at radius 1 is 1.60 bits per heavy atom. The zero-order chi connectivity index (χ0) is 7.61. The molecule has 2 nitrogen and oxygen atoms in total. The largest absolute Gasteiger partial charge is 0.573 e. The number of ether oxygens (including phenoxy) is 1. The normalized spacial score (nSPS) is 11.5. The molecule has 1 aromatic heterocycles. The topological polar surface area (TPSA) is 22.1 Å². The minimum atomic E-state index is -4.64. The van der Waals surface area contributed by atoms with E-state index in [4.69, 9.17) is 0 Å². The number of aromatic nitrogens is 1. The lowest BCUT2D eigenvalue weighted by atomic mass is 10.7. The standard InChI is InChI=1S/C4HF3NOS/c5-4(6,7)9-3-1-8-10-2-3/h1H. The molecule has 0 spiro atoms. The van der Waals surface area contributed by atoms with Crippen molar-refractivity contribution in [1.29, 1.82) is 0 Å². The molecular formula is C4HF3NOS. The van der Waals surface area contributed by atoms with E-state index in [1.807, 2.05) is 0 Å². The predicted molar refractivity (Wildman–Crippen MR) is 27.6 cm³/mol. The molecule has 10 heavy (non-hydrogen) atoms. The maximum absolute atomic E-state index is 11.4. The molecule has 0 aliphatic heterocycles. The zero-order valence-corrected chi connectivity index (χ0v) is 5.29. The van der Waals surface area contributed by atoms with Crippen LogP contribution in [0, 0.1) is 5.38 Å².